The second-order valence-electron chi connectivity index (χ2n) is 4.48. The third kappa shape index (κ3) is 5.53. The topological polar surface area (TPSA) is 24.9 Å². The number of aromatic nitrogens is 1. The van der Waals surface area contributed by atoms with Gasteiger partial charge in [-0.3, -0.25) is 0 Å². The molecule has 0 aromatic carbocycles. The Balaban J connectivity index is 2.16. The molecule has 0 amide bonds. The number of halogens is 1. The first-order chi connectivity index (χ1) is 8.25. The van der Waals surface area contributed by atoms with Gasteiger partial charge in [0.15, 0.2) is 0 Å². The van der Waals surface area contributed by atoms with E-state index in [1.54, 1.807) is 0 Å². The van der Waals surface area contributed by atoms with E-state index >= 15 is 0 Å². The third-order valence-electron chi connectivity index (χ3n) is 2.91. The Morgan fingerprint density at radius 1 is 1.18 bits per heavy atom. The second kappa shape index (κ2) is 8.51. The maximum absolute atomic E-state index is 4.33. The first-order valence-corrected chi connectivity index (χ1v) is 7.40. The Morgan fingerprint density at radius 2 is 1.88 bits per heavy atom. The van der Waals surface area contributed by atoms with Crippen LogP contribution in [0.3, 0.4) is 0 Å². The van der Waals surface area contributed by atoms with Gasteiger partial charge >= 0.3 is 0 Å². The van der Waals surface area contributed by atoms with E-state index in [1.165, 1.54) is 44.1 Å². The number of pyridine rings is 1. The summed E-state index contributed by atoms with van der Waals surface area (Å²) >= 11 is 3.56. The molecule has 0 fully saturated rings. The van der Waals surface area contributed by atoms with Crippen LogP contribution >= 0.6 is 15.9 Å². The molecule has 0 spiro atoms. The van der Waals surface area contributed by atoms with E-state index in [9.17, 15) is 0 Å². The highest BCUT2D eigenvalue weighted by atomic mass is 79.9. The lowest BCUT2D eigenvalue weighted by atomic mass is 10.1. The summed E-state index contributed by atoms with van der Waals surface area (Å²) in [6.07, 6.45) is 9.82. The van der Waals surface area contributed by atoms with Crippen molar-refractivity contribution in [3.8, 4) is 0 Å². The van der Waals surface area contributed by atoms with Crippen LogP contribution in [-0.4, -0.2) is 11.5 Å². The molecule has 1 aromatic heterocycles. The van der Waals surface area contributed by atoms with Crippen molar-refractivity contribution in [3.63, 3.8) is 0 Å². The average molecular weight is 299 g/mol. The fourth-order valence-electron chi connectivity index (χ4n) is 1.78. The third-order valence-corrected chi connectivity index (χ3v) is 3.91. The quantitative estimate of drug-likeness (QED) is 0.689. The summed E-state index contributed by atoms with van der Waals surface area (Å²) in [7, 11) is 0. The van der Waals surface area contributed by atoms with E-state index < -0.39 is 0 Å². The summed E-state index contributed by atoms with van der Waals surface area (Å²) in [4.78, 5) is 4.33. The molecule has 0 radical (unpaired) electrons. The molecule has 1 aromatic rings. The Kier molecular flexibility index (Phi) is 7.25. The van der Waals surface area contributed by atoms with Crippen LogP contribution < -0.4 is 5.32 Å². The van der Waals surface area contributed by atoms with Crippen LogP contribution in [0.15, 0.2) is 16.7 Å². The van der Waals surface area contributed by atoms with E-state index in [2.05, 4.69) is 40.1 Å². The van der Waals surface area contributed by atoms with Gasteiger partial charge in [-0.1, -0.05) is 39.0 Å². The summed E-state index contributed by atoms with van der Waals surface area (Å²) in [6.45, 7) is 5.35. The van der Waals surface area contributed by atoms with E-state index in [0.29, 0.717) is 0 Å². The molecule has 0 saturated heterocycles. The molecule has 1 rings (SSSR count). The van der Waals surface area contributed by atoms with Gasteiger partial charge in [-0.15, -0.1) is 0 Å². The highest BCUT2D eigenvalue weighted by Crippen LogP contribution is 2.23. The Hall–Kier alpha value is -0.570. The Labute approximate surface area is 113 Å². The number of hydrogen-bond donors (Lipinski definition) is 1. The van der Waals surface area contributed by atoms with Crippen LogP contribution in [0.25, 0.3) is 0 Å². The number of nitrogens with one attached hydrogen (secondary N) is 1. The fraction of sp³-hybridized carbons (Fsp3) is 0.643. The summed E-state index contributed by atoms with van der Waals surface area (Å²) in [5, 5.41) is 3.39. The van der Waals surface area contributed by atoms with Crippen molar-refractivity contribution in [1.82, 2.24) is 4.98 Å². The summed E-state index contributed by atoms with van der Waals surface area (Å²) in [5.41, 5.74) is 1.23. The molecule has 96 valence electrons. The number of rotatable bonds is 8. The molecule has 0 atom stereocenters. The molecule has 2 nitrogen and oxygen atoms in total. The maximum Gasteiger partial charge on any atom is 0.140 e. The predicted molar refractivity (Wildman–Crippen MR) is 78.5 cm³/mol. The molecule has 0 aliphatic rings. The van der Waals surface area contributed by atoms with Gasteiger partial charge in [-0.05, 0) is 40.9 Å². The molecular weight excluding hydrogens is 276 g/mol. The van der Waals surface area contributed by atoms with E-state index in [0.717, 1.165) is 16.8 Å². The minimum atomic E-state index is 0.971. The molecule has 0 aliphatic carbocycles. The van der Waals surface area contributed by atoms with Crippen LogP contribution in [0.5, 0.6) is 0 Å². The zero-order valence-corrected chi connectivity index (χ0v) is 12.5. The first kappa shape index (κ1) is 14.5. The lowest BCUT2D eigenvalue weighted by Crippen LogP contribution is -2.04. The van der Waals surface area contributed by atoms with Crippen molar-refractivity contribution >= 4 is 21.7 Å². The normalized spacial score (nSPS) is 10.5. The standard InChI is InChI=1S/C14H23BrN2/c1-3-4-5-6-7-8-10-16-14-13(15)12(2)9-11-17-14/h9,11H,3-8,10H2,1-2H3,(H,16,17). The zero-order valence-electron chi connectivity index (χ0n) is 10.9. The predicted octanol–water partition coefficient (Wildman–Crippen LogP) is 4.92. The van der Waals surface area contributed by atoms with Crippen LogP contribution in [-0.2, 0) is 0 Å². The van der Waals surface area contributed by atoms with Crippen molar-refractivity contribution in [2.24, 2.45) is 0 Å². The number of unbranched alkanes of at least 4 members (excludes halogenated alkanes) is 5. The molecule has 0 aliphatic heterocycles. The lowest BCUT2D eigenvalue weighted by molar-refractivity contribution is 0.616. The molecule has 1 heterocycles. The number of anilines is 1. The van der Waals surface area contributed by atoms with Crippen LogP contribution in [0, 0.1) is 6.92 Å². The van der Waals surface area contributed by atoms with E-state index in [-0.39, 0.29) is 0 Å². The number of nitrogens with zero attached hydrogens (tertiary/aromatic N) is 1. The van der Waals surface area contributed by atoms with Crippen molar-refractivity contribution < 1.29 is 0 Å². The molecule has 17 heavy (non-hydrogen) atoms. The Morgan fingerprint density at radius 3 is 2.65 bits per heavy atom. The molecule has 0 unspecified atom stereocenters. The van der Waals surface area contributed by atoms with Crippen molar-refractivity contribution in [1.29, 1.82) is 0 Å². The van der Waals surface area contributed by atoms with Crippen molar-refractivity contribution in [2.75, 3.05) is 11.9 Å². The lowest BCUT2D eigenvalue weighted by Gasteiger charge is -2.08. The van der Waals surface area contributed by atoms with Gasteiger partial charge in [0, 0.05) is 12.7 Å². The summed E-state index contributed by atoms with van der Waals surface area (Å²) in [6, 6.07) is 2.01. The number of aryl methyl sites for hydroxylation is 1. The van der Waals surface area contributed by atoms with E-state index in [1.807, 2.05) is 12.3 Å². The van der Waals surface area contributed by atoms with Gasteiger partial charge in [-0.25, -0.2) is 4.98 Å². The Bertz CT molecular complexity index is 326. The van der Waals surface area contributed by atoms with Gasteiger partial charge in [-0.2, -0.15) is 0 Å². The van der Waals surface area contributed by atoms with Crippen LogP contribution in [0.4, 0.5) is 5.82 Å². The second-order valence-corrected chi connectivity index (χ2v) is 5.28. The molecule has 3 heteroatoms. The van der Waals surface area contributed by atoms with Crippen molar-refractivity contribution in [2.45, 2.75) is 52.4 Å². The van der Waals surface area contributed by atoms with Gasteiger partial charge in [0.25, 0.3) is 0 Å². The highest BCUT2D eigenvalue weighted by Gasteiger charge is 2.02. The van der Waals surface area contributed by atoms with Gasteiger partial charge in [0.2, 0.25) is 0 Å². The van der Waals surface area contributed by atoms with Gasteiger partial charge < -0.3 is 5.32 Å². The van der Waals surface area contributed by atoms with Crippen molar-refractivity contribution in [3.05, 3.63) is 22.3 Å². The summed E-state index contributed by atoms with van der Waals surface area (Å²) in [5.74, 6) is 0.971. The molecule has 0 bridgehead atoms. The first-order valence-electron chi connectivity index (χ1n) is 6.60. The molecular formula is C14H23BrN2. The molecule has 0 saturated carbocycles. The van der Waals surface area contributed by atoms with Gasteiger partial charge in [0.1, 0.15) is 5.82 Å². The van der Waals surface area contributed by atoms with E-state index in [4.69, 9.17) is 0 Å². The van der Waals surface area contributed by atoms with Crippen LogP contribution in [0.2, 0.25) is 0 Å². The largest absolute Gasteiger partial charge is 0.369 e. The van der Waals surface area contributed by atoms with Gasteiger partial charge in [0.05, 0.1) is 4.47 Å². The maximum atomic E-state index is 4.33. The molecule has 1 N–H and O–H groups in total. The minimum Gasteiger partial charge on any atom is -0.369 e. The van der Waals surface area contributed by atoms with Crippen LogP contribution in [0.1, 0.15) is 51.0 Å². The zero-order chi connectivity index (χ0) is 12.5. The summed E-state index contributed by atoms with van der Waals surface area (Å²) < 4.78 is 1.09. The minimum absolute atomic E-state index is 0.971. The average Bonchev–Trinajstić information content (AvgIpc) is 2.33. The highest BCUT2D eigenvalue weighted by molar-refractivity contribution is 9.10. The smallest absolute Gasteiger partial charge is 0.140 e. The monoisotopic (exact) mass is 298 g/mol. The SMILES string of the molecule is CCCCCCCCNc1nccc(C)c1Br. The fourth-order valence-corrected chi connectivity index (χ4v) is 2.15. The number of hydrogen-bond acceptors (Lipinski definition) is 2.